The Morgan fingerprint density at radius 2 is 1.84 bits per heavy atom. The Morgan fingerprint density at radius 1 is 1.16 bits per heavy atom. The molecule has 1 aliphatic carbocycles. The van der Waals surface area contributed by atoms with Gasteiger partial charge in [0.15, 0.2) is 0 Å². The van der Waals surface area contributed by atoms with Gasteiger partial charge in [-0.2, -0.15) is 5.26 Å². The monoisotopic (exact) mass is 334 g/mol. The smallest absolute Gasteiger partial charge is 0.235 e. The van der Waals surface area contributed by atoms with E-state index in [1.165, 1.54) is 5.56 Å². The third-order valence-corrected chi connectivity index (χ3v) is 5.09. The van der Waals surface area contributed by atoms with Gasteiger partial charge in [-0.25, -0.2) is 0 Å². The van der Waals surface area contributed by atoms with Crippen LogP contribution >= 0.6 is 0 Å². The van der Waals surface area contributed by atoms with Crippen LogP contribution in [0.5, 0.6) is 5.75 Å². The normalized spacial score (nSPS) is 15.4. The third kappa shape index (κ3) is 3.23. The number of nitriles is 1. The van der Waals surface area contributed by atoms with Gasteiger partial charge in [0.05, 0.1) is 23.8 Å². The number of benzene rings is 2. The van der Waals surface area contributed by atoms with Gasteiger partial charge in [0.1, 0.15) is 11.8 Å². The Bertz CT molecular complexity index is 813. The molecule has 1 saturated carbocycles. The number of nitrogens with zero attached hydrogens (tertiary/aromatic N) is 1. The molecule has 0 bridgehead atoms. The summed E-state index contributed by atoms with van der Waals surface area (Å²) in [7, 11) is 1.56. The first-order valence-electron chi connectivity index (χ1n) is 8.56. The van der Waals surface area contributed by atoms with E-state index in [0.29, 0.717) is 17.0 Å². The van der Waals surface area contributed by atoms with Crippen LogP contribution in [0.3, 0.4) is 0 Å². The molecule has 1 N–H and O–H groups in total. The van der Waals surface area contributed by atoms with Gasteiger partial charge in [0.2, 0.25) is 5.91 Å². The molecule has 1 amide bonds. The summed E-state index contributed by atoms with van der Waals surface area (Å²) in [5.41, 5.74) is 2.66. The minimum atomic E-state index is -0.514. The fourth-order valence-corrected chi connectivity index (χ4v) is 3.59. The summed E-state index contributed by atoms with van der Waals surface area (Å²) >= 11 is 0. The van der Waals surface area contributed by atoms with Gasteiger partial charge in [-0.3, -0.25) is 4.79 Å². The maximum Gasteiger partial charge on any atom is 0.235 e. The fourth-order valence-electron chi connectivity index (χ4n) is 3.59. The molecule has 2 aromatic carbocycles. The van der Waals surface area contributed by atoms with Gasteiger partial charge in [0, 0.05) is 0 Å². The van der Waals surface area contributed by atoms with Crippen molar-refractivity contribution in [2.75, 3.05) is 12.4 Å². The number of hydrogen-bond acceptors (Lipinski definition) is 3. The SMILES string of the molecule is COc1ccc(NC(=O)C2(c3ccc(C)cc3)CCCC2)c(C#N)c1. The van der Waals surface area contributed by atoms with E-state index in [-0.39, 0.29) is 5.91 Å². The second kappa shape index (κ2) is 6.98. The van der Waals surface area contributed by atoms with Crippen LogP contribution in [0.2, 0.25) is 0 Å². The zero-order valence-corrected chi connectivity index (χ0v) is 14.6. The molecule has 4 heteroatoms. The summed E-state index contributed by atoms with van der Waals surface area (Å²) in [6, 6.07) is 15.5. The highest BCUT2D eigenvalue weighted by Gasteiger charge is 2.42. The first kappa shape index (κ1) is 17.0. The van der Waals surface area contributed by atoms with Crippen molar-refractivity contribution in [3.63, 3.8) is 0 Å². The summed E-state index contributed by atoms with van der Waals surface area (Å²) in [4.78, 5) is 13.2. The van der Waals surface area contributed by atoms with Gasteiger partial charge >= 0.3 is 0 Å². The van der Waals surface area contributed by atoms with Crippen molar-refractivity contribution in [2.45, 2.75) is 38.0 Å². The number of methoxy groups -OCH3 is 1. The Hall–Kier alpha value is -2.80. The van der Waals surface area contributed by atoms with E-state index >= 15 is 0 Å². The van der Waals surface area contributed by atoms with Crippen LogP contribution in [-0.2, 0) is 10.2 Å². The average Bonchev–Trinajstić information content (AvgIpc) is 3.13. The maximum atomic E-state index is 13.2. The zero-order chi connectivity index (χ0) is 17.9. The van der Waals surface area contributed by atoms with E-state index in [1.54, 1.807) is 25.3 Å². The lowest BCUT2D eigenvalue weighted by molar-refractivity contribution is -0.121. The van der Waals surface area contributed by atoms with Gasteiger partial charge < -0.3 is 10.1 Å². The molecule has 1 aliphatic rings. The third-order valence-electron chi connectivity index (χ3n) is 5.09. The molecular weight excluding hydrogens is 312 g/mol. The molecule has 4 nitrogen and oxygen atoms in total. The predicted molar refractivity (Wildman–Crippen MR) is 97.7 cm³/mol. The fraction of sp³-hybridized carbons (Fsp3) is 0.333. The number of anilines is 1. The topological polar surface area (TPSA) is 62.1 Å². The van der Waals surface area contributed by atoms with Crippen molar-refractivity contribution >= 4 is 11.6 Å². The summed E-state index contributed by atoms with van der Waals surface area (Å²) in [5, 5.41) is 12.4. The first-order chi connectivity index (χ1) is 12.1. The summed E-state index contributed by atoms with van der Waals surface area (Å²) in [6.07, 6.45) is 3.74. The predicted octanol–water partition coefficient (Wildman–Crippen LogP) is 4.33. The number of amides is 1. The van der Waals surface area contributed by atoms with E-state index < -0.39 is 5.41 Å². The van der Waals surface area contributed by atoms with Crippen LogP contribution in [0, 0.1) is 18.3 Å². The van der Waals surface area contributed by atoms with Crippen molar-refractivity contribution in [1.82, 2.24) is 0 Å². The molecule has 3 rings (SSSR count). The number of ether oxygens (including phenoxy) is 1. The molecule has 0 aliphatic heterocycles. The second-order valence-electron chi connectivity index (χ2n) is 6.63. The van der Waals surface area contributed by atoms with Crippen molar-refractivity contribution in [3.05, 3.63) is 59.2 Å². The highest BCUT2D eigenvalue weighted by molar-refractivity contribution is 6.00. The molecular formula is C21H22N2O2. The number of carbonyl (C=O) groups is 1. The summed E-state index contributed by atoms with van der Waals surface area (Å²) < 4.78 is 5.15. The number of carbonyl (C=O) groups excluding carboxylic acids is 1. The number of rotatable bonds is 4. The Morgan fingerprint density at radius 3 is 2.44 bits per heavy atom. The largest absolute Gasteiger partial charge is 0.497 e. The minimum Gasteiger partial charge on any atom is -0.497 e. The molecule has 0 heterocycles. The Balaban J connectivity index is 1.93. The van der Waals surface area contributed by atoms with E-state index in [1.807, 2.05) is 6.92 Å². The Kier molecular flexibility index (Phi) is 4.76. The molecule has 0 saturated heterocycles. The maximum absolute atomic E-state index is 13.2. The molecule has 128 valence electrons. The van der Waals surface area contributed by atoms with Crippen LogP contribution in [0.25, 0.3) is 0 Å². The van der Waals surface area contributed by atoms with E-state index in [0.717, 1.165) is 31.2 Å². The summed E-state index contributed by atoms with van der Waals surface area (Å²) in [6.45, 7) is 2.04. The molecule has 0 aromatic heterocycles. The second-order valence-corrected chi connectivity index (χ2v) is 6.63. The zero-order valence-electron chi connectivity index (χ0n) is 14.6. The van der Waals surface area contributed by atoms with Crippen molar-refractivity contribution in [2.24, 2.45) is 0 Å². The van der Waals surface area contributed by atoms with E-state index in [4.69, 9.17) is 4.74 Å². The van der Waals surface area contributed by atoms with Crippen LogP contribution in [-0.4, -0.2) is 13.0 Å². The highest BCUT2D eigenvalue weighted by Crippen LogP contribution is 2.42. The molecule has 0 unspecified atom stereocenters. The van der Waals surface area contributed by atoms with Gasteiger partial charge in [-0.15, -0.1) is 0 Å². The number of nitrogens with one attached hydrogen (secondary N) is 1. The van der Waals surface area contributed by atoms with Gasteiger partial charge in [-0.1, -0.05) is 42.7 Å². The lowest BCUT2D eigenvalue weighted by Crippen LogP contribution is -2.38. The Labute approximate surface area is 148 Å². The van der Waals surface area contributed by atoms with Crippen LogP contribution in [0.4, 0.5) is 5.69 Å². The van der Waals surface area contributed by atoms with E-state index in [9.17, 15) is 10.1 Å². The van der Waals surface area contributed by atoms with Crippen molar-refractivity contribution in [3.8, 4) is 11.8 Å². The quantitative estimate of drug-likeness (QED) is 0.905. The van der Waals surface area contributed by atoms with Crippen LogP contribution in [0.15, 0.2) is 42.5 Å². The summed E-state index contributed by atoms with van der Waals surface area (Å²) in [5.74, 6) is 0.569. The molecule has 0 atom stereocenters. The lowest BCUT2D eigenvalue weighted by atomic mass is 9.77. The van der Waals surface area contributed by atoms with Crippen LogP contribution < -0.4 is 10.1 Å². The molecule has 2 aromatic rings. The molecule has 0 spiro atoms. The van der Waals surface area contributed by atoms with Gasteiger partial charge in [-0.05, 0) is 43.5 Å². The minimum absolute atomic E-state index is 0.0319. The molecule has 0 radical (unpaired) electrons. The molecule has 25 heavy (non-hydrogen) atoms. The average molecular weight is 334 g/mol. The number of aryl methyl sites for hydroxylation is 1. The van der Waals surface area contributed by atoms with Crippen molar-refractivity contribution < 1.29 is 9.53 Å². The lowest BCUT2D eigenvalue weighted by Gasteiger charge is -2.28. The highest BCUT2D eigenvalue weighted by atomic mass is 16.5. The van der Waals surface area contributed by atoms with Gasteiger partial charge in [0.25, 0.3) is 0 Å². The standard InChI is InChI=1S/C21H22N2O2/c1-15-5-7-17(8-6-15)21(11-3-4-12-21)20(24)23-19-10-9-18(25-2)13-16(19)14-22/h5-10,13H,3-4,11-12H2,1-2H3,(H,23,24). The van der Waals surface area contributed by atoms with Crippen molar-refractivity contribution in [1.29, 1.82) is 5.26 Å². The van der Waals surface area contributed by atoms with Crippen LogP contribution in [0.1, 0.15) is 42.4 Å². The van der Waals surface area contributed by atoms with E-state index in [2.05, 4.69) is 35.7 Å². The number of hydrogen-bond donors (Lipinski definition) is 1. The first-order valence-corrected chi connectivity index (χ1v) is 8.56. The molecule has 1 fully saturated rings.